The van der Waals surface area contributed by atoms with Crippen molar-refractivity contribution >= 4 is 55.8 Å². The van der Waals surface area contributed by atoms with Gasteiger partial charge in [0, 0.05) is 21.1 Å². The van der Waals surface area contributed by atoms with Gasteiger partial charge >= 0.3 is 0 Å². The highest BCUT2D eigenvalue weighted by Gasteiger charge is 2.44. The zero-order valence-electron chi connectivity index (χ0n) is 37.7. The van der Waals surface area contributed by atoms with E-state index in [1.54, 1.807) is 0 Å². The summed E-state index contributed by atoms with van der Waals surface area (Å²) in [5.74, 6) is 0. The number of thiophene rings is 1. The standard InChI is InChI=1S/C60H59NS/c1-10-21-43-23-14-15-25-46(43)57-38(5)22-20-28-54(57)61(53(13-4)59-42(9)45-24-18-19-29-56(45)62-59)55-37-52-58(48-27-17-16-26-47(48)55)49-31-30-44(50-35-40(7)39(6)34-41(50)8)36-51(49)60(52,32-11-2)33-12-3/h13-20,22-31,34-37H,4,9-12,21,32-33H2,1-3,5-8H3/b59-53-. The van der Waals surface area contributed by atoms with Crippen molar-refractivity contribution in [2.75, 3.05) is 4.90 Å². The van der Waals surface area contributed by atoms with E-state index in [4.69, 9.17) is 6.58 Å². The molecule has 0 saturated heterocycles. The maximum Gasteiger partial charge on any atom is 0.0634 e. The summed E-state index contributed by atoms with van der Waals surface area (Å²) in [5.41, 5.74) is 20.8. The zero-order valence-corrected chi connectivity index (χ0v) is 38.5. The van der Waals surface area contributed by atoms with Gasteiger partial charge in [-0.25, -0.2) is 0 Å². The number of hydrogen-bond acceptors (Lipinski definition) is 2. The minimum Gasteiger partial charge on any atom is -0.308 e. The molecule has 1 aromatic heterocycles. The quantitative estimate of drug-likeness (QED) is 0.119. The summed E-state index contributed by atoms with van der Waals surface area (Å²) in [6, 6.07) is 48.5. The molecule has 0 unspecified atom stereocenters. The number of hydrogen-bond donors (Lipinski definition) is 0. The van der Waals surface area contributed by atoms with Crippen LogP contribution in [0.5, 0.6) is 0 Å². The Morgan fingerprint density at radius 2 is 1.27 bits per heavy atom. The smallest absolute Gasteiger partial charge is 0.0634 e. The average Bonchev–Trinajstić information content (AvgIpc) is 3.75. The van der Waals surface area contributed by atoms with Gasteiger partial charge in [-0.05, 0) is 160 Å². The number of fused-ring (bicyclic) bond motifs is 6. The number of aryl methyl sites for hydroxylation is 5. The van der Waals surface area contributed by atoms with Crippen LogP contribution in [0, 0.1) is 27.7 Å². The predicted octanol–water partition coefficient (Wildman–Crippen LogP) is 16.0. The van der Waals surface area contributed by atoms with Crippen molar-refractivity contribution in [3.05, 3.63) is 189 Å². The predicted molar refractivity (Wildman–Crippen MR) is 273 cm³/mol. The van der Waals surface area contributed by atoms with Gasteiger partial charge in [-0.2, -0.15) is 0 Å². The summed E-state index contributed by atoms with van der Waals surface area (Å²) in [5, 5.41) is 4.77. The van der Waals surface area contributed by atoms with Crippen LogP contribution in [0.25, 0.3) is 66.5 Å². The van der Waals surface area contributed by atoms with E-state index in [1.807, 2.05) is 11.3 Å². The number of nitrogens with zero attached hydrogens (tertiary/aromatic N) is 1. The summed E-state index contributed by atoms with van der Waals surface area (Å²) in [7, 11) is 0. The molecular formula is C60H59NS. The summed E-state index contributed by atoms with van der Waals surface area (Å²) in [6.07, 6.45) is 8.51. The van der Waals surface area contributed by atoms with Crippen LogP contribution in [0.15, 0.2) is 140 Å². The second-order valence-electron chi connectivity index (χ2n) is 17.7. The molecule has 310 valence electrons. The Hall–Kier alpha value is -5.96. The topological polar surface area (TPSA) is 3.24 Å². The third kappa shape index (κ3) is 6.66. The van der Waals surface area contributed by atoms with Crippen molar-refractivity contribution in [3.63, 3.8) is 0 Å². The van der Waals surface area contributed by atoms with Crippen molar-refractivity contribution in [2.24, 2.45) is 0 Å². The minimum absolute atomic E-state index is 0.158. The molecule has 0 spiro atoms. The van der Waals surface area contributed by atoms with Crippen LogP contribution in [-0.2, 0) is 11.8 Å². The van der Waals surface area contributed by atoms with Crippen molar-refractivity contribution < 1.29 is 0 Å². The van der Waals surface area contributed by atoms with Gasteiger partial charge < -0.3 is 4.90 Å². The lowest BCUT2D eigenvalue weighted by Gasteiger charge is -2.35. The molecule has 1 aliphatic carbocycles. The highest BCUT2D eigenvalue weighted by atomic mass is 32.1. The fraction of sp³-hybridized carbons (Fsp3) is 0.233. The minimum atomic E-state index is -0.158. The Balaban J connectivity index is 1.42. The normalized spacial score (nSPS) is 13.3. The van der Waals surface area contributed by atoms with Crippen LogP contribution in [-0.4, -0.2) is 0 Å². The molecule has 8 aromatic rings. The van der Waals surface area contributed by atoms with Gasteiger partial charge in [0.15, 0.2) is 0 Å². The fourth-order valence-electron chi connectivity index (χ4n) is 10.9. The molecule has 0 radical (unpaired) electrons. The van der Waals surface area contributed by atoms with Crippen LogP contribution in [0.3, 0.4) is 0 Å². The molecule has 1 nitrogen and oxygen atoms in total. The van der Waals surface area contributed by atoms with E-state index in [2.05, 4.69) is 193 Å². The number of benzene rings is 7. The van der Waals surface area contributed by atoms with E-state index >= 15 is 0 Å². The Kier molecular flexibility index (Phi) is 11.2. The van der Waals surface area contributed by atoms with Gasteiger partial charge in [-0.15, -0.1) is 11.3 Å². The number of anilines is 2. The summed E-state index contributed by atoms with van der Waals surface area (Å²) >= 11 is 1.82. The van der Waals surface area contributed by atoms with E-state index < -0.39 is 0 Å². The first-order valence-corrected chi connectivity index (χ1v) is 23.6. The average molecular weight is 826 g/mol. The van der Waals surface area contributed by atoms with Crippen molar-refractivity contribution in [1.29, 1.82) is 0 Å². The Morgan fingerprint density at radius 3 is 2.00 bits per heavy atom. The lowest BCUT2D eigenvalue weighted by Crippen LogP contribution is -2.29. The lowest BCUT2D eigenvalue weighted by molar-refractivity contribution is 0.436. The molecule has 0 bridgehead atoms. The second-order valence-corrected chi connectivity index (χ2v) is 18.7. The Morgan fingerprint density at radius 1 is 0.581 bits per heavy atom. The van der Waals surface area contributed by atoms with Gasteiger partial charge in [0.25, 0.3) is 0 Å². The van der Waals surface area contributed by atoms with E-state index in [9.17, 15) is 0 Å². The summed E-state index contributed by atoms with van der Waals surface area (Å²) in [4.78, 5) is 2.57. The van der Waals surface area contributed by atoms with E-state index in [0.29, 0.717) is 0 Å². The molecule has 62 heavy (non-hydrogen) atoms. The maximum absolute atomic E-state index is 4.77. The maximum atomic E-state index is 4.77. The van der Waals surface area contributed by atoms with Crippen LogP contribution in [0.1, 0.15) is 91.8 Å². The lowest BCUT2D eigenvalue weighted by atomic mass is 9.70. The summed E-state index contributed by atoms with van der Waals surface area (Å²) < 4.78 is 2.38. The third-order valence-corrected chi connectivity index (χ3v) is 15.0. The zero-order chi connectivity index (χ0) is 43.3. The molecule has 0 aliphatic heterocycles. The van der Waals surface area contributed by atoms with Gasteiger partial charge in [0.05, 0.1) is 21.6 Å². The van der Waals surface area contributed by atoms with Gasteiger partial charge in [-0.3, -0.25) is 0 Å². The number of rotatable bonds is 12. The molecule has 0 N–H and O–H groups in total. The van der Waals surface area contributed by atoms with Crippen LogP contribution < -0.4 is 14.7 Å². The van der Waals surface area contributed by atoms with E-state index in [1.165, 1.54) is 98.9 Å². The molecule has 1 aliphatic rings. The Labute approximate surface area is 373 Å². The van der Waals surface area contributed by atoms with E-state index in [0.717, 1.165) is 59.7 Å². The molecule has 7 aromatic carbocycles. The second kappa shape index (κ2) is 16.7. The van der Waals surface area contributed by atoms with Gasteiger partial charge in [0.2, 0.25) is 0 Å². The SMILES string of the molecule is C=C/C(=c1/sc2ccccc2c1=C)N(c1cccc(C)c1-c1ccccc1CCC)c1cc2c(c3ccccc13)-c1ccc(-c3cc(C)c(C)cc3C)cc1C2(CCC)CCC. The highest BCUT2D eigenvalue weighted by molar-refractivity contribution is 7.17. The molecule has 9 rings (SSSR count). The molecule has 2 heteroatoms. The first-order valence-electron chi connectivity index (χ1n) is 22.8. The molecule has 0 fully saturated rings. The fourth-order valence-corrected chi connectivity index (χ4v) is 12.1. The third-order valence-electron chi connectivity index (χ3n) is 13.8. The van der Waals surface area contributed by atoms with Crippen LogP contribution in [0.2, 0.25) is 0 Å². The van der Waals surface area contributed by atoms with E-state index in [-0.39, 0.29) is 5.41 Å². The molecule has 0 amide bonds. The van der Waals surface area contributed by atoms with Gasteiger partial charge in [0.1, 0.15) is 0 Å². The molecule has 1 heterocycles. The van der Waals surface area contributed by atoms with Crippen LogP contribution >= 0.6 is 11.3 Å². The monoisotopic (exact) mass is 825 g/mol. The van der Waals surface area contributed by atoms with Crippen molar-refractivity contribution in [3.8, 4) is 33.4 Å². The highest BCUT2D eigenvalue weighted by Crippen LogP contribution is 2.59. The van der Waals surface area contributed by atoms with Crippen molar-refractivity contribution in [2.45, 2.75) is 92.4 Å². The van der Waals surface area contributed by atoms with Crippen molar-refractivity contribution in [1.82, 2.24) is 0 Å². The first-order chi connectivity index (χ1) is 30.1. The first kappa shape index (κ1) is 41.4. The molecule has 0 saturated carbocycles. The van der Waals surface area contributed by atoms with Crippen LogP contribution in [0.4, 0.5) is 11.4 Å². The largest absolute Gasteiger partial charge is 0.308 e. The Bertz CT molecular complexity index is 3150. The summed E-state index contributed by atoms with van der Waals surface area (Å²) in [6.45, 7) is 25.4. The molecule has 0 atom stereocenters. The van der Waals surface area contributed by atoms with Gasteiger partial charge in [-0.1, -0.05) is 156 Å². The molecular weight excluding hydrogens is 767 g/mol.